The largest absolute Gasteiger partial charge is 0.480 e. The molecule has 0 aromatic heterocycles. The Kier molecular flexibility index (Phi) is 13.9. The Balaban J connectivity index is 0. The molecule has 0 spiro atoms. The minimum atomic E-state index is -0.896. The Morgan fingerprint density at radius 1 is 1.50 bits per heavy atom. The molecule has 0 bridgehead atoms. The molecular formula is C9H22N2O3. The third-order valence-electron chi connectivity index (χ3n) is 1.36. The first-order chi connectivity index (χ1) is 6.63. The summed E-state index contributed by atoms with van der Waals surface area (Å²) in [5.41, 5.74) is 4.85. The first-order valence-electron chi connectivity index (χ1n) is 4.91. The van der Waals surface area contributed by atoms with Gasteiger partial charge in [0, 0.05) is 6.61 Å². The summed E-state index contributed by atoms with van der Waals surface area (Å²) in [6.07, 6.45) is 1.17. The fourth-order valence-electron chi connectivity index (χ4n) is 0.761. The van der Waals surface area contributed by atoms with Gasteiger partial charge >= 0.3 is 5.97 Å². The normalized spacial score (nSPS) is 11.4. The van der Waals surface area contributed by atoms with Crippen molar-refractivity contribution in [2.45, 2.75) is 32.7 Å². The van der Waals surface area contributed by atoms with Crippen molar-refractivity contribution >= 4 is 5.97 Å². The number of hydrogen-bond acceptors (Lipinski definition) is 4. The van der Waals surface area contributed by atoms with E-state index >= 15 is 0 Å². The van der Waals surface area contributed by atoms with Crippen LogP contribution in [-0.4, -0.2) is 41.9 Å². The Bertz CT molecular complexity index is 131. The molecular weight excluding hydrogens is 184 g/mol. The highest BCUT2D eigenvalue weighted by Gasteiger charge is 2.14. The minimum Gasteiger partial charge on any atom is -0.480 e. The summed E-state index contributed by atoms with van der Waals surface area (Å²) >= 11 is 0. The molecule has 0 aliphatic carbocycles. The lowest BCUT2D eigenvalue weighted by molar-refractivity contribution is -0.139. The maximum Gasteiger partial charge on any atom is 0.320 e. The number of nitrogens with two attached hydrogens (primary N) is 1. The molecule has 0 saturated heterocycles. The van der Waals surface area contributed by atoms with E-state index in [2.05, 4.69) is 5.32 Å². The van der Waals surface area contributed by atoms with Crippen molar-refractivity contribution in [1.82, 2.24) is 5.32 Å². The lowest BCUT2D eigenvalue weighted by Crippen LogP contribution is -2.37. The smallest absolute Gasteiger partial charge is 0.320 e. The van der Waals surface area contributed by atoms with Gasteiger partial charge in [0.1, 0.15) is 6.04 Å². The van der Waals surface area contributed by atoms with Gasteiger partial charge < -0.3 is 21.3 Å². The number of carboxylic acids is 1. The number of aliphatic hydroxyl groups is 1. The molecule has 14 heavy (non-hydrogen) atoms. The quantitative estimate of drug-likeness (QED) is 0.482. The number of aliphatic carboxylic acids is 1. The maximum absolute atomic E-state index is 10.4. The van der Waals surface area contributed by atoms with E-state index in [0.717, 1.165) is 13.0 Å². The zero-order chi connectivity index (χ0) is 11.4. The van der Waals surface area contributed by atoms with Crippen LogP contribution in [-0.2, 0) is 4.79 Å². The first-order valence-corrected chi connectivity index (χ1v) is 4.91. The molecule has 0 rings (SSSR count). The van der Waals surface area contributed by atoms with Gasteiger partial charge in [0.05, 0.1) is 0 Å². The number of carboxylic acid groups (broad SMARTS) is 1. The highest BCUT2D eigenvalue weighted by atomic mass is 16.4. The van der Waals surface area contributed by atoms with E-state index in [-0.39, 0.29) is 13.0 Å². The van der Waals surface area contributed by atoms with Crippen LogP contribution in [0.1, 0.15) is 26.7 Å². The number of rotatable bonds is 6. The van der Waals surface area contributed by atoms with E-state index in [0.29, 0.717) is 6.54 Å². The standard InChI is InChI=1S/C7H15NO3.C2H7N/c1-2-4-8-6(3-5-9)7(10)11;1-2-3/h6,8-9H,2-5H2,1H3,(H,10,11);2-3H2,1H3. The van der Waals surface area contributed by atoms with Gasteiger partial charge in [-0.1, -0.05) is 13.8 Å². The number of carbonyl (C=O) groups is 1. The Morgan fingerprint density at radius 3 is 2.29 bits per heavy atom. The van der Waals surface area contributed by atoms with E-state index in [4.69, 9.17) is 15.9 Å². The lowest BCUT2D eigenvalue weighted by Gasteiger charge is -2.11. The molecule has 0 aliphatic rings. The van der Waals surface area contributed by atoms with Crippen LogP contribution in [0.2, 0.25) is 0 Å². The van der Waals surface area contributed by atoms with E-state index in [1.165, 1.54) is 0 Å². The maximum atomic E-state index is 10.4. The highest BCUT2D eigenvalue weighted by Crippen LogP contribution is 1.90. The van der Waals surface area contributed by atoms with Crippen LogP contribution in [0.3, 0.4) is 0 Å². The molecule has 5 heteroatoms. The monoisotopic (exact) mass is 206 g/mol. The Labute approximate surface area is 85.3 Å². The zero-order valence-corrected chi connectivity index (χ0v) is 8.99. The SMILES string of the molecule is CCCNC(CCO)C(=O)O.CCN. The molecule has 5 nitrogen and oxygen atoms in total. The summed E-state index contributed by atoms with van der Waals surface area (Å²) in [5, 5.41) is 19.8. The predicted molar refractivity (Wildman–Crippen MR) is 56.1 cm³/mol. The van der Waals surface area contributed by atoms with Crippen LogP contribution in [0.25, 0.3) is 0 Å². The second-order valence-corrected chi connectivity index (χ2v) is 2.77. The average Bonchev–Trinajstić information content (AvgIpc) is 2.13. The molecule has 5 N–H and O–H groups in total. The van der Waals surface area contributed by atoms with Crippen LogP contribution in [0.15, 0.2) is 0 Å². The van der Waals surface area contributed by atoms with Crippen LogP contribution < -0.4 is 11.1 Å². The van der Waals surface area contributed by atoms with Gasteiger partial charge in [-0.3, -0.25) is 4.79 Å². The summed E-state index contributed by atoms with van der Waals surface area (Å²) in [6, 6.07) is -0.597. The second-order valence-electron chi connectivity index (χ2n) is 2.77. The van der Waals surface area contributed by atoms with Crippen molar-refractivity contribution in [3.8, 4) is 0 Å². The molecule has 86 valence electrons. The van der Waals surface area contributed by atoms with Crippen molar-refractivity contribution in [2.75, 3.05) is 19.7 Å². The molecule has 0 radical (unpaired) electrons. The predicted octanol–water partition coefficient (Wildman–Crippen LogP) is -0.213. The van der Waals surface area contributed by atoms with Gasteiger partial charge in [0.15, 0.2) is 0 Å². The zero-order valence-electron chi connectivity index (χ0n) is 8.99. The second kappa shape index (κ2) is 12.3. The first kappa shape index (κ1) is 15.8. The number of hydrogen-bond donors (Lipinski definition) is 4. The van der Waals surface area contributed by atoms with E-state index < -0.39 is 12.0 Å². The third kappa shape index (κ3) is 11.4. The van der Waals surface area contributed by atoms with Gasteiger partial charge in [0.25, 0.3) is 0 Å². The molecule has 1 unspecified atom stereocenters. The van der Waals surface area contributed by atoms with Crippen molar-refractivity contribution in [1.29, 1.82) is 0 Å². The Morgan fingerprint density at radius 2 is 2.00 bits per heavy atom. The van der Waals surface area contributed by atoms with Crippen molar-refractivity contribution in [3.63, 3.8) is 0 Å². The lowest BCUT2D eigenvalue weighted by atomic mass is 10.2. The van der Waals surface area contributed by atoms with Crippen molar-refractivity contribution < 1.29 is 15.0 Å². The van der Waals surface area contributed by atoms with Crippen molar-refractivity contribution in [3.05, 3.63) is 0 Å². The van der Waals surface area contributed by atoms with Gasteiger partial charge in [-0.05, 0) is 25.9 Å². The fourth-order valence-corrected chi connectivity index (χ4v) is 0.761. The number of nitrogens with one attached hydrogen (secondary N) is 1. The molecule has 0 aliphatic heterocycles. The number of aliphatic hydroxyl groups excluding tert-OH is 1. The molecule has 0 saturated carbocycles. The van der Waals surface area contributed by atoms with E-state index in [9.17, 15) is 4.79 Å². The summed E-state index contributed by atoms with van der Waals surface area (Å²) in [7, 11) is 0. The van der Waals surface area contributed by atoms with E-state index in [1.807, 2.05) is 13.8 Å². The fraction of sp³-hybridized carbons (Fsp3) is 0.889. The Hall–Kier alpha value is -0.650. The molecule has 0 amide bonds. The molecule has 0 aromatic carbocycles. The van der Waals surface area contributed by atoms with Crippen LogP contribution in [0, 0.1) is 0 Å². The molecule has 0 heterocycles. The summed E-state index contributed by atoms with van der Waals surface area (Å²) < 4.78 is 0. The van der Waals surface area contributed by atoms with Gasteiger partial charge in [-0.25, -0.2) is 0 Å². The van der Waals surface area contributed by atoms with Crippen LogP contribution in [0.5, 0.6) is 0 Å². The van der Waals surface area contributed by atoms with Gasteiger partial charge in [0.2, 0.25) is 0 Å². The topological polar surface area (TPSA) is 95.6 Å². The average molecular weight is 206 g/mol. The summed E-state index contributed by atoms with van der Waals surface area (Å²) in [4.78, 5) is 10.4. The van der Waals surface area contributed by atoms with Crippen LogP contribution in [0.4, 0.5) is 0 Å². The van der Waals surface area contributed by atoms with E-state index in [1.54, 1.807) is 0 Å². The van der Waals surface area contributed by atoms with Gasteiger partial charge in [-0.2, -0.15) is 0 Å². The summed E-state index contributed by atoms with van der Waals surface area (Å²) in [5.74, 6) is -0.896. The summed E-state index contributed by atoms with van der Waals surface area (Å²) in [6.45, 7) is 5.20. The molecule has 1 atom stereocenters. The highest BCUT2D eigenvalue weighted by molar-refractivity contribution is 5.73. The molecule has 0 fully saturated rings. The van der Waals surface area contributed by atoms with Crippen LogP contribution >= 0.6 is 0 Å². The third-order valence-corrected chi connectivity index (χ3v) is 1.36. The van der Waals surface area contributed by atoms with Gasteiger partial charge in [-0.15, -0.1) is 0 Å². The minimum absolute atomic E-state index is 0.0896. The molecule has 0 aromatic rings. The van der Waals surface area contributed by atoms with Crippen molar-refractivity contribution in [2.24, 2.45) is 5.73 Å².